The Morgan fingerprint density at radius 1 is 1.28 bits per heavy atom. The van der Waals surface area contributed by atoms with E-state index in [9.17, 15) is 0 Å². The van der Waals surface area contributed by atoms with E-state index in [4.69, 9.17) is 5.73 Å². The standard InChI is InChI=1S/C14H30N4/c1-4-18(5-2)14(15)16-9-6-10-17-11-7-13(3)8-12-17/h13H,4-12H2,1-3H3,(H2,15,16). The van der Waals surface area contributed by atoms with Gasteiger partial charge >= 0.3 is 0 Å². The van der Waals surface area contributed by atoms with Gasteiger partial charge in [0.2, 0.25) is 0 Å². The van der Waals surface area contributed by atoms with Crippen LogP contribution < -0.4 is 5.73 Å². The van der Waals surface area contributed by atoms with Crippen LogP contribution in [0, 0.1) is 5.92 Å². The van der Waals surface area contributed by atoms with Gasteiger partial charge in [-0.3, -0.25) is 4.99 Å². The predicted molar refractivity (Wildman–Crippen MR) is 78.9 cm³/mol. The molecular weight excluding hydrogens is 224 g/mol. The number of aliphatic imine (C=N–C) groups is 1. The lowest BCUT2D eigenvalue weighted by atomic mass is 9.99. The van der Waals surface area contributed by atoms with E-state index in [0.717, 1.165) is 32.0 Å². The summed E-state index contributed by atoms with van der Waals surface area (Å²) in [4.78, 5) is 9.12. The number of rotatable bonds is 6. The fourth-order valence-electron chi connectivity index (χ4n) is 2.42. The second-order valence-electron chi connectivity index (χ2n) is 5.29. The van der Waals surface area contributed by atoms with Crippen molar-refractivity contribution in [1.82, 2.24) is 9.80 Å². The third-order valence-electron chi connectivity index (χ3n) is 3.87. The van der Waals surface area contributed by atoms with Gasteiger partial charge in [-0.1, -0.05) is 6.92 Å². The van der Waals surface area contributed by atoms with E-state index in [-0.39, 0.29) is 0 Å². The third kappa shape index (κ3) is 5.25. The summed E-state index contributed by atoms with van der Waals surface area (Å²) in [6.45, 7) is 13.0. The SMILES string of the molecule is CCN(CC)C(N)=NCCCN1CCC(C)CC1. The van der Waals surface area contributed by atoms with Gasteiger partial charge < -0.3 is 15.5 Å². The minimum atomic E-state index is 0.701. The molecule has 0 aromatic rings. The number of nitrogens with two attached hydrogens (primary N) is 1. The van der Waals surface area contributed by atoms with Crippen LogP contribution in [0.2, 0.25) is 0 Å². The highest BCUT2D eigenvalue weighted by atomic mass is 15.2. The smallest absolute Gasteiger partial charge is 0.191 e. The highest BCUT2D eigenvalue weighted by Gasteiger charge is 2.14. The second-order valence-corrected chi connectivity index (χ2v) is 5.29. The monoisotopic (exact) mass is 254 g/mol. The number of guanidine groups is 1. The zero-order chi connectivity index (χ0) is 13.4. The quantitative estimate of drug-likeness (QED) is 0.446. The van der Waals surface area contributed by atoms with E-state index in [1.54, 1.807) is 0 Å². The first kappa shape index (κ1) is 15.3. The zero-order valence-corrected chi connectivity index (χ0v) is 12.4. The van der Waals surface area contributed by atoms with Crippen LogP contribution in [-0.2, 0) is 0 Å². The number of hydrogen-bond donors (Lipinski definition) is 1. The molecule has 4 heteroatoms. The largest absolute Gasteiger partial charge is 0.370 e. The van der Waals surface area contributed by atoms with Gasteiger partial charge in [0.05, 0.1) is 0 Å². The number of piperidine rings is 1. The minimum Gasteiger partial charge on any atom is -0.370 e. The van der Waals surface area contributed by atoms with E-state index in [2.05, 4.69) is 35.6 Å². The Labute approximate surface area is 112 Å². The zero-order valence-electron chi connectivity index (χ0n) is 12.4. The molecule has 1 heterocycles. The Bertz CT molecular complexity index is 240. The van der Waals surface area contributed by atoms with Gasteiger partial charge in [0.1, 0.15) is 0 Å². The van der Waals surface area contributed by atoms with Crippen LogP contribution in [0.3, 0.4) is 0 Å². The maximum absolute atomic E-state index is 5.94. The third-order valence-corrected chi connectivity index (χ3v) is 3.87. The molecule has 1 saturated heterocycles. The van der Waals surface area contributed by atoms with Crippen molar-refractivity contribution in [2.24, 2.45) is 16.6 Å². The maximum atomic E-state index is 5.94. The molecule has 0 spiro atoms. The molecule has 0 unspecified atom stereocenters. The van der Waals surface area contributed by atoms with Crippen molar-refractivity contribution >= 4 is 5.96 Å². The molecule has 0 atom stereocenters. The lowest BCUT2D eigenvalue weighted by Gasteiger charge is -2.29. The lowest BCUT2D eigenvalue weighted by molar-refractivity contribution is 0.191. The first-order valence-corrected chi connectivity index (χ1v) is 7.44. The van der Waals surface area contributed by atoms with Gasteiger partial charge in [0, 0.05) is 19.6 Å². The van der Waals surface area contributed by atoms with E-state index in [1.165, 1.54) is 32.5 Å². The molecule has 1 fully saturated rings. The Morgan fingerprint density at radius 2 is 1.89 bits per heavy atom. The highest BCUT2D eigenvalue weighted by Crippen LogP contribution is 2.15. The molecule has 106 valence electrons. The van der Waals surface area contributed by atoms with Gasteiger partial charge in [-0.15, -0.1) is 0 Å². The fraction of sp³-hybridized carbons (Fsp3) is 0.929. The van der Waals surface area contributed by atoms with Crippen LogP contribution in [0.25, 0.3) is 0 Å². The summed E-state index contributed by atoms with van der Waals surface area (Å²) in [6.07, 6.45) is 3.83. The molecule has 1 rings (SSSR count). The van der Waals surface area contributed by atoms with Crippen molar-refractivity contribution in [3.8, 4) is 0 Å². The van der Waals surface area contributed by atoms with Gasteiger partial charge in [0.15, 0.2) is 5.96 Å². The Morgan fingerprint density at radius 3 is 2.44 bits per heavy atom. The molecule has 1 aliphatic heterocycles. The molecule has 0 saturated carbocycles. The highest BCUT2D eigenvalue weighted by molar-refractivity contribution is 5.77. The van der Waals surface area contributed by atoms with E-state index < -0.39 is 0 Å². The summed E-state index contributed by atoms with van der Waals surface area (Å²) < 4.78 is 0. The molecule has 0 radical (unpaired) electrons. The Balaban J connectivity index is 2.15. The summed E-state index contributed by atoms with van der Waals surface area (Å²) in [5.74, 6) is 1.62. The average molecular weight is 254 g/mol. The molecule has 0 bridgehead atoms. The normalized spacial score (nSPS) is 19.2. The molecule has 0 aliphatic carbocycles. The molecule has 1 aliphatic rings. The molecule has 18 heavy (non-hydrogen) atoms. The summed E-state index contributed by atoms with van der Waals surface area (Å²) in [5, 5.41) is 0. The summed E-state index contributed by atoms with van der Waals surface area (Å²) in [5.41, 5.74) is 5.94. The van der Waals surface area contributed by atoms with Crippen LogP contribution in [-0.4, -0.2) is 55.0 Å². The molecule has 0 aromatic heterocycles. The summed E-state index contributed by atoms with van der Waals surface area (Å²) >= 11 is 0. The Kier molecular flexibility index (Phi) is 7.09. The van der Waals surface area contributed by atoms with Crippen LogP contribution in [0.1, 0.15) is 40.0 Å². The van der Waals surface area contributed by atoms with Gasteiger partial charge in [-0.2, -0.15) is 0 Å². The topological polar surface area (TPSA) is 44.9 Å². The van der Waals surface area contributed by atoms with Crippen molar-refractivity contribution in [2.45, 2.75) is 40.0 Å². The second kappa shape index (κ2) is 8.35. The number of hydrogen-bond acceptors (Lipinski definition) is 2. The lowest BCUT2D eigenvalue weighted by Crippen LogP contribution is -2.37. The van der Waals surface area contributed by atoms with Crippen molar-refractivity contribution in [2.75, 3.05) is 39.3 Å². The maximum Gasteiger partial charge on any atom is 0.191 e. The Hall–Kier alpha value is -0.770. The van der Waals surface area contributed by atoms with E-state index >= 15 is 0 Å². The van der Waals surface area contributed by atoms with E-state index in [0.29, 0.717) is 5.96 Å². The van der Waals surface area contributed by atoms with Crippen molar-refractivity contribution < 1.29 is 0 Å². The number of likely N-dealkylation sites (tertiary alicyclic amines) is 1. The van der Waals surface area contributed by atoms with Crippen molar-refractivity contribution in [1.29, 1.82) is 0 Å². The number of nitrogens with zero attached hydrogens (tertiary/aromatic N) is 3. The van der Waals surface area contributed by atoms with Gasteiger partial charge in [-0.05, 0) is 58.7 Å². The molecular formula is C14H30N4. The van der Waals surface area contributed by atoms with Crippen molar-refractivity contribution in [3.05, 3.63) is 0 Å². The predicted octanol–water partition coefficient (Wildman–Crippen LogP) is 1.76. The van der Waals surface area contributed by atoms with Gasteiger partial charge in [0.25, 0.3) is 0 Å². The van der Waals surface area contributed by atoms with Crippen molar-refractivity contribution in [3.63, 3.8) is 0 Å². The first-order valence-electron chi connectivity index (χ1n) is 7.44. The minimum absolute atomic E-state index is 0.701. The average Bonchev–Trinajstić information content (AvgIpc) is 2.38. The van der Waals surface area contributed by atoms with Crippen LogP contribution in [0.4, 0.5) is 0 Å². The van der Waals surface area contributed by atoms with E-state index in [1.807, 2.05) is 0 Å². The molecule has 2 N–H and O–H groups in total. The fourth-order valence-corrected chi connectivity index (χ4v) is 2.42. The molecule has 0 amide bonds. The first-order chi connectivity index (χ1) is 8.67. The van der Waals surface area contributed by atoms with Crippen LogP contribution in [0.5, 0.6) is 0 Å². The molecule has 4 nitrogen and oxygen atoms in total. The van der Waals surface area contributed by atoms with Gasteiger partial charge in [-0.25, -0.2) is 0 Å². The van der Waals surface area contributed by atoms with Crippen LogP contribution >= 0.6 is 0 Å². The summed E-state index contributed by atoms with van der Waals surface area (Å²) in [6, 6.07) is 0. The van der Waals surface area contributed by atoms with Crippen LogP contribution in [0.15, 0.2) is 4.99 Å². The summed E-state index contributed by atoms with van der Waals surface area (Å²) in [7, 11) is 0. The molecule has 0 aromatic carbocycles.